The summed E-state index contributed by atoms with van der Waals surface area (Å²) in [7, 11) is 0. The molecule has 0 aliphatic carbocycles. The fraction of sp³-hybridized carbons (Fsp3) is 0.438. The first kappa shape index (κ1) is 15.9. The molecule has 2 atom stereocenters. The molecule has 1 fully saturated rings. The van der Waals surface area contributed by atoms with E-state index in [4.69, 9.17) is 4.74 Å². The Labute approximate surface area is 130 Å². The maximum Gasteiger partial charge on any atom is 0.322 e. The molecule has 4 nitrogen and oxygen atoms in total. The number of carbonyl (C=O) groups is 1. The molecular formula is C16H22N2O2S. The fourth-order valence-electron chi connectivity index (χ4n) is 2.38. The summed E-state index contributed by atoms with van der Waals surface area (Å²) in [6.45, 7) is 8.95. The molecule has 1 N–H and O–H groups in total. The summed E-state index contributed by atoms with van der Waals surface area (Å²) < 4.78 is 5.66. The molecule has 1 aromatic carbocycles. The van der Waals surface area contributed by atoms with Crippen LogP contribution in [-0.2, 0) is 4.74 Å². The van der Waals surface area contributed by atoms with Crippen molar-refractivity contribution < 1.29 is 9.53 Å². The Balaban J connectivity index is 2.03. The molecule has 1 heterocycles. The van der Waals surface area contributed by atoms with Gasteiger partial charge in [0, 0.05) is 23.7 Å². The Bertz CT molecular complexity index is 497. The zero-order valence-electron chi connectivity index (χ0n) is 12.5. The summed E-state index contributed by atoms with van der Waals surface area (Å²) in [6, 6.07) is 7.77. The van der Waals surface area contributed by atoms with Crippen molar-refractivity contribution in [3.8, 4) is 0 Å². The quantitative estimate of drug-likeness (QED) is 0.682. The normalized spacial score (nSPS) is 21.9. The Hall–Kier alpha value is -1.46. The van der Waals surface area contributed by atoms with Crippen LogP contribution >= 0.6 is 11.8 Å². The summed E-state index contributed by atoms with van der Waals surface area (Å²) in [6.07, 6.45) is 2.00. The number of rotatable bonds is 4. The maximum atomic E-state index is 12.4. The molecule has 2 amide bonds. The molecule has 0 saturated carbocycles. The van der Waals surface area contributed by atoms with Gasteiger partial charge in [-0.2, -0.15) is 0 Å². The lowest BCUT2D eigenvalue weighted by Gasteiger charge is -2.35. The van der Waals surface area contributed by atoms with Crippen LogP contribution in [0.5, 0.6) is 0 Å². The van der Waals surface area contributed by atoms with Gasteiger partial charge in [0.25, 0.3) is 0 Å². The second-order valence-corrected chi connectivity index (χ2v) is 6.25. The number of nitrogens with one attached hydrogen (secondary N) is 1. The van der Waals surface area contributed by atoms with E-state index >= 15 is 0 Å². The van der Waals surface area contributed by atoms with Crippen LogP contribution in [0.1, 0.15) is 13.8 Å². The van der Waals surface area contributed by atoms with E-state index in [1.807, 2.05) is 49.1 Å². The Morgan fingerprint density at radius 1 is 1.43 bits per heavy atom. The largest absolute Gasteiger partial charge is 0.372 e. The third-order valence-electron chi connectivity index (χ3n) is 3.19. The fourth-order valence-corrected chi connectivity index (χ4v) is 3.13. The summed E-state index contributed by atoms with van der Waals surface area (Å²) in [5.74, 6) is 0.818. The summed E-state index contributed by atoms with van der Waals surface area (Å²) in [4.78, 5) is 15.3. The number of ether oxygens (including phenoxy) is 1. The molecule has 114 valence electrons. The predicted molar refractivity (Wildman–Crippen MR) is 88.0 cm³/mol. The molecule has 2 rings (SSSR count). The molecule has 0 unspecified atom stereocenters. The average Bonchev–Trinajstić information content (AvgIpc) is 2.45. The first-order chi connectivity index (χ1) is 10.1. The highest BCUT2D eigenvalue weighted by molar-refractivity contribution is 7.99. The SMILES string of the molecule is C=CCSc1ccccc1NC(=O)N1C[C@@H](C)O[C@@H](C)C1. The van der Waals surface area contributed by atoms with Crippen molar-refractivity contribution in [2.45, 2.75) is 31.0 Å². The zero-order valence-corrected chi connectivity index (χ0v) is 13.4. The van der Waals surface area contributed by atoms with Gasteiger partial charge in [0.1, 0.15) is 0 Å². The van der Waals surface area contributed by atoms with Gasteiger partial charge in [-0.1, -0.05) is 18.2 Å². The third kappa shape index (κ3) is 4.51. The first-order valence-corrected chi connectivity index (χ1v) is 8.13. The van der Waals surface area contributed by atoms with Crippen LogP contribution < -0.4 is 5.32 Å². The lowest BCUT2D eigenvalue weighted by molar-refractivity contribution is -0.0530. The maximum absolute atomic E-state index is 12.4. The van der Waals surface area contributed by atoms with Crippen molar-refractivity contribution >= 4 is 23.5 Å². The van der Waals surface area contributed by atoms with Crippen LogP contribution in [0.15, 0.2) is 41.8 Å². The summed E-state index contributed by atoms with van der Waals surface area (Å²) in [5, 5.41) is 3.01. The number of thioether (sulfide) groups is 1. The van der Waals surface area contributed by atoms with Crippen molar-refractivity contribution in [2.75, 3.05) is 24.2 Å². The second kappa shape index (κ2) is 7.52. The standard InChI is InChI=1S/C16H22N2O2S/c1-4-9-21-15-8-6-5-7-14(15)17-16(19)18-10-12(2)20-13(3)11-18/h4-8,12-13H,1,9-11H2,2-3H3,(H,17,19)/t12-,13+. The highest BCUT2D eigenvalue weighted by Gasteiger charge is 2.26. The third-order valence-corrected chi connectivity index (χ3v) is 4.26. The molecule has 0 spiro atoms. The van der Waals surface area contributed by atoms with E-state index in [-0.39, 0.29) is 18.2 Å². The van der Waals surface area contributed by atoms with Gasteiger partial charge in [0.05, 0.1) is 17.9 Å². The average molecular weight is 306 g/mol. The van der Waals surface area contributed by atoms with Crippen molar-refractivity contribution in [1.82, 2.24) is 4.90 Å². The van der Waals surface area contributed by atoms with E-state index in [0.717, 1.165) is 16.3 Å². The molecule has 21 heavy (non-hydrogen) atoms. The smallest absolute Gasteiger partial charge is 0.322 e. The monoisotopic (exact) mass is 306 g/mol. The number of amides is 2. The van der Waals surface area contributed by atoms with Gasteiger partial charge in [0.2, 0.25) is 0 Å². The van der Waals surface area contributed by atoms with Crippen LogP contribution in [0.2, 0.25) is 0 Å². The van der Waals surface area contributed by atoms with E-state index in [2.05, 4.69) is 11.9 Å². The van der Waals surface area contributed by atoms with E-state index in [9.17, 15) is 4.79 Å². The Morgan fingerprint density at radius 3 is 2.76 bits per heavy atom. The molecule has 0 bridgehead atoms. The van der Waals surface area contributed by atoms with Gasteiger partial charge in [0.15, 0.2) is 0 Å². The van der Waals surface area contributed by atoms with Crippen LogP contribution in [0.25, 0.3) is 0 Å². The van der Waals surface area contributed by atoms with Gasteiger partial charge >= 0.3 is 6.03 Å². The molecule has 0 aromatic heterocycles. The minimum Gasteiger partial charge on any atom is -0.372 e. The van der Waals surface area contributed by atoms with Crippen LogP contribution in [0, 0.1) is 0 Å². The van der Waals surface area contributed by atoms with Crippen molar-refractivity contribution in [3.05, 3.63) is 36.9 Å². The van der Waals surface area contributed by atoms with E-state index in [1.54, 1.807) is 11.8 Å². The number of hydrogen-bond donors (Lipinski definition) is 1. The zero-order chi connectivity index (χ0) is 15.2. The van der Waals surface area contributed by atoms with Gasteiger partial charge in [-0.3, -0.25) is 0 Å². The number of para-hydroxylation sites is 1. The topological polar surface area (TPSA) is 41.6 Å². The molecule has 0 radical (unpaired) electrons. The van der Waals surface area contributed by atoms with E-state index in [1.165, 1.54) is 0 Å². The van der Waals surface area contributed by atoms with Crippen molar-refractivity contribution in [3.63, 3.8) is 0 Å². The molecule has 1 saturated heterocycles. The number of morpholine rings is 1. The molecular weight excluding hydrogens is 284 g/mol. The van der Waals surface area contributed by atoms with Gasteiger partial charge < -0.3 is 15.0 Å². The number of urea groups is 1. The molecule has 1 aromatic rings. The van der Waals surface area contributed by atoms with E-state index < -0.39 is 0 Å². The van der Waals surface area contributed by atoms with Gasteiger partial charge in [-0.15, -0.1) is 18.3 Å². The highest BCUT2D eigenvalue weighted by Crippen LogP contribution is 2.27. The minimum atomic E-state index is -0.0661. The van der Waals surface area contributed by atoms with Gasteiger partial charge in [-0.05, 0) is 26.0 Å². The number of benzene rings is 1. The predicted octanol–water partition coefficient (Wildman–Crippen LogP) is 3.61. The van der Waals surface area contributed by atoms with Crippen LogP contribution in [-0.4, -0.2) is 42.0 Å². The number of nitrogens with zero attached hydrogens (tertiary/aromatic N) is 1. The number of hydrogen-bond acceptors (Lipinski definition) is 3. The van der Waals surface area contributed by atoms with Crippen molar-refractivity contribution in [1.29, 1.82) is 0 Å². The molecule has 1 aliphatic heterocycles. The number of carbonyl (C=O) groups excluding carboxylic acids is 1. The molecule has 1 aliphatic rings. The highest BCUT2D eigenvalue weighted by atomic mass is 32.2. The van der Waals surface area contributed by atoms with Crippen LogP contribution in [0.4, 0.5) is 10.5 Å². The summed E-state index contributed by atoms with van der Waals surface area (Å²) >= 11 is 1.66. The van der Waals surface area contributed by atoms with Crippen LogP contribution in [0.3, 0.4) is 0 Å². The minimum absolute atomic E-state index is 0.0661. The van der Waals surface area contributed by atoms with Crippen molar-refractivity contribution in [2.24, 2.45) is 0 Å². The first-order valence-electron chi connectivity index (χ1n) is 7.14. The lowest BCUT2D eigenvalue weighted by Crippen LogP contribution is -2.49. The van der Waals surface area contributed by atoms with Gasteiger partial charge in [-0.25, -0.2) is 4.79 Å². The summed E-state index contributed by atoms with van der Waals surface area (Å²) in [5.41, 5.74) is 0.848. The lowest BCUT2D eigenvalue weighted by atomic mass is 10.2. The number of anilines is 1. The Kier molecular flexibility index (Phi) is 5.70. The second-order valence-electron chi connectivity index (χ2n) is 5.19. The Morgan fingerprint density at radius 2 is 2.10 bits per heavy atom. The van der Waals surface area contributed by atoms with E-state index in [0.29, 0.717) is 13.1 Å². The molecule has 5 heteroatoms.